The van der Waals surface area contributed by atoms with Crippen LogP contribution in [0.2, 0.25) is 0 Å². The molecule has 1 aliphatic rings. The molecule has 0 saturated heterocycles. The van der Waals surface area contributed by atoms with Gasteiger partial charge in [-0.2, -0.15) is 0 Å². The number of anilines is 1. The molecule has 0 aromatic heterocycles. The lowest BCUT2D eigenvalue weighted by molar-refractivity contribution is -0.146. The molecule has 0 spiro atoms. The Morgan fingerprint density at radius 2 is 1.90 bits per heavy atom. The molecular formula is C15H16FNO3. The highest BCUT2D eigenvalue weighted by Crippen LogP contribution is 2.27. The summed E-state index contributed by atoms with van der Waals surface area (Å²) in [5.41, 5.74) is 0.911. The monoisotopic (exact) mass is 277 g/mol. The molecule has 5 heteroatoms. The highest BCUT2D eigenvalue weighted by molar-refractivity contribution is 5.95. The van der Waals surface area contributed by atoms with Crippen LogP contribution in [0.1, 0.15) is 18.4 Å². The van der Waals surface area contributed by atoms with Crippen LogP contribution in [0.4, 0.5) is 10.1 Å². The lowest BCUT2D eigenvalue weighted by Crippen LogP contribution is -2.34. The second-order valence-electron chi connectivity index (χ2n) is 4.97. The lowest BCUT2D eigenvalue weighted by Gasteiger charge is -2.24. The maximum Gasteiger partial charge on any atom is 0.307 e. The molecule has 0 radical (unpaired) electrons. The number of halogens is 1. The van der Waals surface area contributed by atoms with Crippen molar-refractivity contribution in [1.29, 1.82) is 0 Å². The van der Waals surface area contributed by atoms with Crippen molar-refractivity contribution in [2.45, 2.75) is 19.8 Å². The predicted octanol–water partition coefficient (Wildman–Crippen LogP) is 2.74. The molecule has 2 atom stereocenters. The fourth-order valence-corrected chi connectivity index (χ4v) is 2.34. The zero-order valence-electron chi connectivity index (χ0n) is 11.1. The summed E-state index contributed by atoms with van der Waals surface area (Å²) < 4.78 is 13.6. The number of rotatable bonds is 3. The highest BCUT2D eigenvalue weighted by Gasteiger charge is 2.34. The van der Waals surface area contributed by atoms with E-state index in [1.54, 1.807) is 25.1 Å². The third-order valence-corrected chi connectivity index (χ3v) is 3.47. The molecule has 106 valence electrons. The number of nitrogens with one attached hydrogen (secondary N) is 1. The van der Waals surface area contributed by atoms with Gasteiger partial charge in [-0.15, -0.1) is 0 Å². The van der Waals surface area contributed by atoms with Gasteiger partial charge in [-0.05, 0) is 37.5 Å². The number of carbonyl (C=O) groups is 2. The van der Waals surface area contributed by atoms with Gasteiger partial charge in [0.15, 0.2) is 0 Å². The summed E-state index contributed by atoms with van der Waals surface area (Å²) in [4.78, 5) is 23.3. The van der Waals surface area contributed by atoms with Crippen molar-refractivity contribution in [3.63, 3.8) is 0 Å². The average molecular weight is 277 g/mol. The van der Waals surface area contributed by atoms with Gasteiger partial charge >= 0.3 is 5.97 Å². The number of hydrogen-bond donors (Lipinski definition) is 2. The Hall–Kier alpha value is -2.17. The number of benzene rings is 1. The van der Waals surface area contributed by atoms with Gasteiger partial charge in [0, 0.05) is 0 Å². The SMILES string of the molecule is Cc1ccc(F)c(NC(=O)[C@@H]2CC=CC[C@H]2C(=O)O)c1. The molecule has 0 saturated carbocycles. The summed E-state index contributed by atoms with van der Waals surface area (Å²) in [5, 5.41) is 11.6. The minimum atomic E-state index is -1.00. The Kier molecular flexibility index (Phi) is 4.17. The van der Waals surface area contributed by atoms with Crippen molar-refractivity contribution in [2.24, 2.45) is 11.8 Å². The van der Waals surface area contributed by atoms with E-state index in [0.717, 1.165) is 5.56 Å². The van der Waals surface area contributed by atoms with Gasteiger partial charge in [-0.3, -0.25) is 9.59 Å². The predicted molar refractivity (Wildman–Crippen MR) is 72.8 cm³/mol. The smallest absolute Gasteiger partial charge is 0.307 e. The van der Waals surface area contributed by atoms with E-state index >= 15 is 0 Å². The molecular weight excluding hydrogens is 261 g/mol. The summed E-state index contributed by atoms with van der Waals surface area (Å²) in [6.45, 7) is 1.79. The first-order valence-corrected chi connectivity index (χ1v) is 6.44. The van der Waals surface area contributed by atoms with Crippen molar-refractivity contribution < 1.29 is 19.1 Å². The topological polar surface area (TPSA) is 66.4 Å². The molecule has 4 nitrogen and oxygen atoms in total. The lowest BCUT2D eigenvalue weighted by atomic mass is 9.82. The van der Waals surface area contributed by atoms with Crippen LogP contribution >= 0.6 is 0 Å². The van der Waals surface area contributed by atoms with E-state index in [9.17, 15) is 14.0 Å². The molecule has 1 aromatic rings. The molecule has 0 fully saturated rings. The van der Waals surface area contributed by atoms with E-state index in [4.69, 9.17) is 5.11 Å². The molecule has 2 rings (SSSR count). The molecule has 0 bridgehead atoms. The van der Waals surface area contributed by atoms with E-state index in [1.807, 2.05) is 0 Å². The fraction of sp³-hybridized carbons (Fsp3) is 0.333. The third-order valence-electron chi connectivity index (χ3n) is 3.47. The number of allylic oxidation sites excluding steroid dienone is 2. The van der Waals surface area contributed by atoms with Crippen molar-refractivity contribution in [1.82, 2.24) is 0 Å². The molecule has 1 aromatic carbocycles. The van der Waals surface area contributed by atoms with E-state index < -0.39 is 29.5 Å². The number of carboxylic acids is 1. The standard InChI is InChI=1S/C15H16FNO3/c1-9-6-7-12(16)13(8-9)17-14(18)10-4-2-3-5-11(10)15(19)20/h2-3,6-8,10-11H,4-5H2,1H3,(H,17,18)(H,19,20)/t10-,11-/m1/s1. The molecule has 0 unspecified atom stereocenters. The zero-order valence-corrected chi connectivity index (χ0v) is 11.1. The first kappa shape index (κ1) is 14.2. The van der Waals surface area contributed by atoms with Gasteiger partial charge in [-0.25, -0.2) is 4.39 Å². The number of carboxylic acid groups (broad SMARTS) is 1. The molecule has 2 N–H and O–H groups in total. The van der Waals surface area contributed by atoms with Gasteiger partial charge in [0.1, 0.15) is 5.82 Å². The van der Waals surface area contributed by atoms with Crippen LogP contribution in [-0.4, -0.2) is 17.0 Å². The quantitative estimate of drug-likeness (QED) is 0.835. The molecule has 0 aliphatic heterocycles. The number of amides is 1. The number of carbonyl (C=O) groups excluding carboxylic acids is 1. The first-order valence-electron chi connectivity index (χ1n) is 6.44. The summed E-state index contributed by atoms with van der Waals surface area (Å²) >= 11 is 0. The van der Waals surface area contributed by atoms with Gasteiger partial charge in [0.25, 0.3) is 0 Å². The largest absolute Gasteiger partial charge is 0.481 e. The third kappa shape index (κ3) is 3.04. The van der Waals surface area contributed by atoms with Crippen molar-refractivity contribution in [3.05, 3.63) is 41.7 Å². The second-order valence-corrected chi connectivity index (χ2v) is 4.97. The Balaban J connectivity index is 2.16. The Morgan fingerprint density at radius 3 is 2.55 bits per heavy atom. The summed E-state index contributed by atoms with van der Waals surface area (Å²) in [5.74, 6) is -3.40. The highest BCUT2D eigenvalue weighted by atomic mass is 19.1. The van der Waals surface area contributed by atoms with Crippen LogP contribution < -0.4 is 5.32 Å². The van der Waals surface area contributed by atoms with Gasteiger partial charge in [-0.1, -0.05) is 18.2 Å². The Labute approximate surface area is 116 Å². The molecule has 0 heterocycles. The van der Waals surface area contributed by atoms with Crippen molar-refractivity contribution >= 4 is 17.6 Å². The second kappa shape index (κ2) is 5.86. The minimum Gasteiger partial charge on any atom is -0.481 e. The van der Waals surface area contributed by atoms with Gasteiger partial charge in [0.2, 0.25) is 5.91 Å². The van der Waals surface area contributed by atoms with Crippen LogP contribution in [0.3, 0.4) is 0 Å². The normalized spacial score (nSPS) is 21.5. The van der Waals surface area contributed by atoms with Crippen LogP contribution in [-0.2, 0) is 9.59 Å². The van der Waals surface area contributed by atoms with Gasteiger partial charge < -0.3 is 10.4 Å². The minimum absolute atomic E-state index is 0.0914. The van der Waals surface area contributed by atoms with Gasteiger partial charge in [0.05, 0.1) is 17.5 Å². The maximum absolute atomic E-state index is 13.6. The zero-order chi connectivity index (χ0) is 14.7. The Morgan fingerprint density at radius 1 is 1.25 bits per heavy atom. The van der Waals surface area contributed by atoms with Crippen LogP contribution in [0.25, 0.3) is 0 Å². The average Bonchev–Trinajstić information content (AvgIpc) is 2.42. The van der Waals surface area contributed by atoms with Crippen LogP contribution in [0, 0.1) is 24.6 Å². The molecule has 20 heavy (non-hydrogen) atoms. The van der Waals surface area contributed by atoms with Crippen LogP contribution in [0.15, 0.2) is 30.4 Å². The first-order chi connectivity index (χ1) is 9.49. The van der Waals surface area contributed by atoms with E-state index in [0.29, 0.717) is 12.8 Å². The van der Waals surface area contributed by atoms with E-state index in [1.165, 1.54) is 12.1 Å². The van der Waals surface area contributed by atoms with E-state index in [-0.39, 0.29) is 5.69 Å². The molecule has 1 amide bonds. The van der Waals surface area contributed by atoms with E-state index in [2.05, 4.69) is 5.32 Å². The Bertz CT molecular complexity index is 568. The number of hydrogen-bond acceptors (Lipinski definition) is 2. The number of aliphatic carboxylic acids is 1. The summed E-state index contributed by atoms with van der Waals surface area (Å²) in [7, 11) is 0. The summed E-state index contributed by atoms with van der Waals surface area (Å²) in [6.07, 6.45) is 4.23. The number of aryl methyl sites for hydroxylation is 1. The maximum atomic E-state index is 13.6. The van der Waals surface area contributed by atoms with Crippen LogP contribution in [0.5, 0.6) is 0 Å². The van der Waals surface area contributed by atoms with Crippen molar-refractivity contribution in [2.75, 3.05) is 5.32 Å². The fourth-order valence-electron chi connectivity index (χ4n) is 2.34. The van der Waals surface area contributed by atoms with Crippen molar-refractivity contribution in [3.8, 4) is 0 Å². The summed E-state index contributed by atoms with van der Waals surface area (Å²) in [6, 6.07) is 4.41. The molecule has 1 aliphatic carbocycles.